The van der Waals surface area contributed by atoms with Crippen LogP contribution in [-0.4, -0.2) is 20.9 Å². The Morgan fingerprint density at radius 3 is 2.47 bits per heavy atom. The molecule has 0 fully saturated rings. The number of hydrogen-bond acceptors (Lipinski definition) is 2. The second kappa shape index (κ2) is 6.42. The smallest absolute Gasteiger partial charge is 0.306 e. The first-order valence-electron chi connectivity index (χ1n) is 6.39. The van der Waals surface area contributed by atoms with Crippen LogP contribution in [0.1, 0.15) is 51.8 Å². The monoisotopic (exact) mass is 238 g/mol. The van der Waals surface area contributed by atoms with Gasteiger partial charge in [-0.25, -0.2) is 0 Å². The van der Waals surface area contributed by atoms with Crippen molar-refractivity contribution in [3.05, 3.63) is 18.0 Å². The fourth-order valence-corrected chi connectivity index (χ4v) is 2.01. The van der Waals surface area contributed by atoms with E-state index in [1.165, 1.54) is 0 Å². The van der Waals surface area contributed by atoms with Gasteiger partial charge < -0.3 is 5.11 Å². The first-order chi connectivity index (χ1) is 8.12. The Labute approximate surface area is 103 Å². The van der Waals surface area contributed by atoms with E-state index < -0.39 is 5.97 Å². The molecule has 0 saturated heterocycles. The molecular weight excluding hydrogens is 216 g/mol. The average molecular weight is 238 g/mol. The van der Waals surface area contributed by atoms with Gasteiger partial charge in [0.05, 0.1) is 17.7 Å². The first-order valence-corrected chi connectivity index (χ1v) is 6.39. The lowest BCUT2D eigenvalue weighted by molar-refractivity contribution is -0.141. The van der Waals surface area contributed by atoms with E-state index in [9.17, 15) is 4.79 Å². The topological polar surface area (TPSA) is 55.1 Å². The fraction of sp³-hybridized carbons (Fsp3) is 0.692. The predicted molar refractivity (Wildman–Crippen MR) is 67.0 cm³/mol. The zero-order chi connectivity index (χ0) is 12.8. The van der Waals surface area contributed by atoms with Crippen LogP contribution in [0.3, 0.4) is 0 Å². The van der Waals surface area contributed by atoms with Crippen LogP contribution in [-0.2, 0) is 11.2 Å². The largest absolute Gasteiger partial charge is 0.481 e. The zero-order valence-corrected chi connectivity index (χ0v) is 10.9. The van der Waals surface area contributed by atoms with Gasteiger partial charge >= 0.3 is 5.97 Å². The molecule has 1 rings (SSSR count). The molecule has 0 aliphatic heterocycles. The van der Waals surface area contributed by atoms with Crippen molar-refractivity contribution in [1.82, 2.24) is 9.78 Å². The number of carbonyl (C=O) groups is 1. The summed E-state index contributed by atoms with van der Waals surface area (Å²) in [5.74, 6) is -1.05. The summed E-state index contributed by atoms with van der Waals surface area (Å²) >= 11 is 0. The second-order valence-corrected chi connectivity index (χ2v) is 4.40. The Morgan fingerprint density at radius 1 is 1.35 bits per heavy atom. The molecule has 0 saturated carbocycles. The third-order valence-electron chi connectivity index (χ3n) is 3.28. The summed E-state index contributed by atoms with van der Waals surface area (Å²) < 4.78 is 1.96. The number of aliphatic carboxylic acids is 1. The van der Waals surface area contributed by atoms with Crippen molar-refractivity contribution < 1.29 is 9.90 Å². The van der Waals surface area contributed by atoms with E-state index in [1.807, 2.05) is 23.9 Å². The fourth-order valence-electron chi connectivity index (χ4n) is 2.01. The number of hydrogen-bond donors (Lipinski definition) is 1. The SMILES string of the molecule is CCC(Cc1ccn(C(CC)CC)n1)C(=O)O. The Hall–Kier alpha value is -1.32. The van der Waals surface area contributed by atoms with Crippen LogP contribution in [0.5, 0.6) is 0 Å². The second-order valence-electron chi connectivity index (χ2n) is 4.40. The Morgan fingerprint density at radius 2 is 2.00 bits per heavy atom. The predicted octanol–water partition coefficient (Wildman–Crippen LogP) is 2.90. The van der Waals surface area contributed by atoms with Crippen LogP contribution < -0.4 is 0 Å². The third-order valence-corrected chi connectivity index (χ3v) is 3.28. The Kier molecular flexibility index (Phi) is 5.19. The van der Waals surface area contributed by atoms with E-state index in [0.29, 0.717) is 18.9 Å². The molecular formula is C13H22N2O2. The van der Waals surface area contributed by atoms with Crippen LogP contribution >= 0.6 is 0 Å². The molecule has 1 unspecified atom stereocenters. The quantitative estimate of drug-likeness (QED) is 0.794. The molecule has 4 heteroatoms. The summed E-state index contributed by atoms with van der Waals surface area (Å²) in [4.78, 5) is 11.0. The van der Waals surface area contributed by atoms with Gasteiger partial charge in [-0.1, -0.05) is 20.8 Å². The number of nitrogens with zero attached hydrogens (tertiary/aromatic N) is 2. The van der Waals surface area contributed by atoms with Crippen molar-refractivity contribution in [3.63, 3.8) is 0 Å². The summed E-state index contributed by atoms with van der Waals surface area (Å²) in [6.07, 6.45) is 5.23. The van der Waals surface area contributed by atoms with Crippen molar-refractivity contribution in [3.8, 4) is 0 Å². The van der Waals surface area contributed by atoms with Crippen LogP contribution in [0.25, 0.3) is 0 Å². The molecule has 96 valence electrons. The minimum atomic E-state index is -0.732. The number of carboxylic acids is 1. The Balaban J connectivity index is 2.70. The lowest BCUT2D eigenvalue weighted by Crippen LogP contribution is -2.16. The molecule has 17 heavy (non-hydrogen) atoms. The van der Waals surface area contributed by atoms with Crippen LogP contribution in [0.15, 0.2) is 12.3 Å². The van der Waals surface area contributed by atoms with Crippen LogP contribution in [0, 0.1) is 5.92 Å². The lowest BCUT2D eigenvalue weighted by Gasteiger charge is -2.12. The molecule has 1 atom stereocenters. The number of carboxylic acid groups (broad SMARTS) is 1. The summed E-state index contributed by atoms with van der Waals surface area (Å²) in [5.41, 5.74) is 0.881. The maximum absolute atomic E-state index is 11.0. The van der Waals surface area contributed by atoms with Crippen molar-refractivity contribution in [1.29, 1.82) is 0 Å². The Bertz CT molecular complexity index is 356. The highest BCUT2D eigenvalue weighted by atomic mass is 16.4. The van der Waals surface area contributed by atoms with E-state index in [1.54, 1.807) is 0 Å². The van der Waals surface area contributed by atoms with E-state index in [0.717, 1.165) is 18.5 Å². The van der Waals surface area contributed by atoms with Gasteiger partial charge in [0.15, 0.2) is 0 Å². The summed E-state index contributed by atoms with van der Waals surface area (Å²) in [5, 5.41) is 13.5. The molecule has 0 aromatic carbocycles. The van der Waals surface area contributed by atoms with Crippen molar-refractivity contribution in [2.24, 2.45) is 5.92 Å². The average Bonchev–Trinajstić information content (AvgIpc) is 2.76. The van der Waals surface area contributed by atoms with E-state index in [2.05, 4.69) is 18.9 Å². The highest BCUT2D eigenvalue weighted by Gasteiger charge is 2.17. The van der Waals surface area contributed by atoms with E-state index >= 15 is 0 Å². The normalized spacial score (nSPS) is 12.9. The van der Waals surface area contributed by atoms with E-state index in [4.69, 9.17) is 5.11 Å². The third kappa shape index (κ3) is 3.58. The molecule has 1 heterocycles. The van der Waals surface area contributed by atoms with Gasteiger partial charge in [-0.3, -0.25) is 9.48 Å². The van der Waals surface area contributed by atoms with Crippen LogP contribution in [0.4, 0.5) is 0 Å². The summed E-state index contributed by atoms with van der Waals surface area (Å²) in [6.45, 7) is 6.18. The maximum Gasteiger partial charge on any atom is 0.306 e. The number of aromatic nitrogens is 2. The zero-order valence-electron chi connectivity index (χ0n) is 10.9. The van der Waals surface area contributed by atoms with Gasteiger partial charge in [-0.15, -0.1) is 0 Å². The van der Waals surface area contributed by atoms with Gasteiger partial charge in [-0.05, 0) is 25.3 Å². The number of rotatable bonds is 7. The van der Waals surface area contributed by atoms with E-state index in [-0.39, 0.29) is 5.92 Å². The first kappa shape index (κ1) is 13.7. The molecule has 1 aromatic heterocycles. The summed E-state index contributed by atoms with van der Waals surface area (Å²) in [6, 6.07) is 2.36. The molecule has 1 N–H and O–H groups in total. The molecule has 0 aliphatic carbocycles. The van der Waals surface area contributed by atoms with Gasteiger partial charge in [0, 0.05) is 12.6 Å². The molecule has 1 aromatic rings. The van der Waals surface area contributed by atoms with Crippen molar-refractivity contribution in [2.75, 3.05) is 0 Å². The minimum Gasteiger partial charge on any atom is -0.481 e. The highest BCUT2D eigenvalue weighted by Crippen LogP contribution is 2.16. The lowest BCUT2D eigenvalue weighted by atomic mass is 10.0. The standard InChI is InChI=1S/C13H22N2O2/c1-4-10(13(16)17)9-11-7-8-15(14-11)12(5-2)6-3/h7-8,10,12H,4-6,9H2,1-3H3,(H,16,17). The molecule has 0 amide bonds. The molecule has 0 bridgehead atoms. The molecule has 0 aliphatic rings. The van der Waals surface area contributed by atoms with Gasteiger partial charge in [0.25, 0.3) is 0 Å². The highest BCUT2D eigenvalue weighted by molar-refractivity contribution is 5.70. The molecule has 0 radical (unpaired) electrons. The van der Waals surface area contributed by atoms with Gasteiger partial charge in [-0.2, -0.15) is 5.10 Å². The van der Waals surface area contributed by atoms with Gasteiger partial charge in [0.2, 0.25) is 0 Å². The summed E-state index contributed by atoms with van der Waals surface area (Å²) in [7, 11) is 0. The molecule has 0 spiro atoms. The van der Waals surface area contributed by atoms with Crippen molar-refractivity contribution in [2.45, 2.75) is 52.5 Å². The van der Waals surface area contributed by atoms with Gasteiger partial charge in [0.1, 0.15) is 0 Å². The molecule has 4 nitrogen and oxygen atoms in total. The van der Waals surface area contributed by atoms with Crippen LogP contribution in [0.2, 0.25) is 0 Å². The minimum absolute atomic E-state index is 0.319. The van der Waals surface area contributed by atoms with Crippen molar-refractivity contribution >= 4 is 5.97 Å². The maximum atomic E-state index is 11.0.